The smallest absolute Gasteiger partial charge is 0.254 e. The molecule has 7 heteroatoms. The third kappa shape index (κ3) is 7.40. The van der Waals surface area contributed by atoms with Crippen LogP contribution in [-0.4, -0.2) is 25.8 Å². The fourth-order valence-corrected chi connectivity index (χ4v) is 7.24. The van der Waals surface area contributed by atoms with Crippen molar-refractivity contribution in [2.45, 2.75) is 80.0 Å². The van der Waals surface area contributed by atoms with Gasteiger partial charge in [0.05, 0.1) is 4.90 Å². The first-order chi connectivity index (χ1) is 20.8. The number of nitrogens with one attached hydrogen (secondary N) is 1. The highest BCUT2D eigenvalue weighted by Gasteiger charge is 2.22. The number of hydrogen-bond donors (Lipinski definition) is 1. The fourth-order valence-electron chi connectivity index (χ4n) is 5.61. The molecule has 232 valence electrons. The molecular formula is C37H44N2O4S. The minimum absolute atomic E-state index is 0.0729. The second-order valence-electron chi connectivity index (χ2n) is 11.7. The number of nitrogens with zero attached hydrogens (tertiary/aromatic N) is 1. The van der Waals surface area contributed by atoms with Gasteiger partial charge in [-0.3, -0.25) is 4.79 Å². The zero-order valence-corrected chi connectivity index (χ0v) is 28.0. The first-order valence-corrected chi connectivity index (χ1v) is 16.5. The van der Waals surface area contributed by atoms with Gasteiger partial charge in [-0.2, -0.15) is 0 Å². The van der Waals surface area contributed by atoms with Crippen molar-refractivity contribution in [3.63, 3.8) is 0 Å². The molecule has 1 amide bonds. The van der Waals surface area contributed by atoms with E-state index in [0.29, 0.717) is 30.2 Å². The van der Waals surface area contributed by atoms with Crippen LogP contribution >= 0.6 is 0 Å². The van der Waals surface area contributed by atoms with Gasteiger partial charge in [-0.25, -0.2) is 13.1 Å². The lowest BCUT2D eigenvalue weighted by Gasteiger charge is -2.23. The van der Waals surface area contributed by atoms with E-state index in [0.717, 1.165) is 55.8 Å². The van der Waals surface area contributed by atoms with E-state index < -0.39 is 10.0 Å². The summed E-state index contributed by atoms with van der Waals surface area (Å²) in [6.07, 6.45) is 0. The largest absolute Gasteiger partial charge is 0.488 e. The summed E-state index contributed by atoms with van der Waals surface area (Å²) in [5, 5.41) is 0. The second kappa shape index (κ2) is 13.8. The molecule has 44 heavy (non-hydrogen) atoms. The molecule has 0 spiro atoms. The summed E-state index contributed by atoms with van der Waals surface area (Å²) in [6, 6.07) is 21.5. The average Bonchev–Trinajstić information content (AvgIpc) is 2.98. The standard InChI is InChI=1S/C37H44N2O4S/c1-9-39(22-32-19-27(5)35(28(6)20-32)43-23-34-13-11-10-12-24(34)2)37(40)33-16-14-31(15-17-33)21-38-44(41,42)36-29(7)25(3)18-26(4)30(36)8/h10-20,38H,9,21-23H2,1-8H3. The topological polar surface area (TPSA) is 75.7 Å². The first kappa shape index (κ1) is 33.0. The van der Waals surface area contributed by atoms with Crippen LogP contribution in [0.15, 0.2) is 71.6 Å². The molecule has 4 aromatic carbocycles. The maximum Gasteiger partial charge on any atom is 0.254 e. The van der Waals surface area contributed by atoms with Crippen molar-refractivity contribution in [1.82, 2.24) is 9.62 Å². The van der Waals surface area contributed by atoms with Gasteiger partial charge in [0.25, 0.3) is 5.91 Å². The summed E-state index contributed by atoms with van der Waals surface area (Å²) >= 11 is 0. The Balaban J connectivity index is 1.42. The zero-order chi connectivity index (χ0) is 32.2. The lowest BCUT2D eigenvalue weighted by Crippen LogP contribution is -2.30. The number of hydrogen-bond acceptors (Lipinski definition) is 4. The molecule has 0 bridgehead atoms. The Hall–Kier alpha value is -3.94. The third-order valence-corrected chi connectivity index (χ3v) is 10.1. The summed E-state index contributed by atoms with van der Waals surface area (Å²) in [6.45, 7) is 17.3. The molecule has 0 aliphatic heterocycles. The van der Waals surface area contributed by atoms with Gasteiger partial charge in [0.2, 0.25) is 10.0 Å². The SMILES string of the molecule is CCN(Cc1cc(C)c(OCc2ccccc2C)c(C)c1)C(=O)c1ccc(CNS(=O)(=O)c2c(C)c(C)cc(C)c2C)cc1. The highest BCUT2D eigenvalue weighted by Crippen LogP contribution is 2.28. The minimum Gasteiger partial charge on any atom is -0.488 e. The number of rotatable bonds is 11. The number of benzene rings is 4. The molecule has 1 N–H and O–H groups in total. The Morgan fingerprint density at radius 2 is 1.34 bits per heavy atom. The molecule has 0 fully saturated rings. The van der Waals surface area contributed by atoms with Gasteiger partial charge in [-0.05, 0) is 123 Å². The molecule has 0 saturated carbocycles. The van der Waals surface area contributed by atoms with Crippen LogP contribution in [0.25, 0.3) is 0 Å². The van der Waals surface area contributed by atoms with Crippen LogP contribution in [0.4, 0.5) is 0 Å². The molecule has 0 aromatic heterocycles. The monoisotopic (exact) mass is 612 g/mol. The van der Waals surface area contributed by atoms with Crippen molar-refractivity contribution >= 4 is 15.9 Å². The summed E-state index contributed by atoms with van der Waals surface area (Å²) in [7, 11) is -3.71. The second-order valence-corrected chi connectivity index (χ2v) is 13.4. The Kier molecular flexibility index (Phi) is 10.3. The quantitative estimate of drug-likeness (QED) is 0.190. The molecule has 0 saturated heterocycles. The van der Waals surface area contributed by atoms with Gasteiger partial charge in [-0.1, -0.05) is 54.6 Å². The van der Waals surface area contributed by atoms with E-state index in [9.17, 15) is 13.2 Å². The Morgan fingerprint density at radius 1 is 0.750 bits per heavy atom. The molecule has 4 aromatic rings. The van der Waals surface area contributed by atoms with Crippen molar-refractivity contribution in [3.8, 4) is 5.75 Å². The van der Waals surface area contributed by atoms with E-state index in [-0.39, 0.29) is 12.5 Å². The van der Waals surface area contributed by atoms with E-state index in [4.69, 9.17) is 4.74 Å². The number of carbonyl (C=O) groups excluding carboxylic acids is 1. The summed E-state index contributed by atoms with van der Waals surface area (Å²) in [5.74, 6) is 0.803. The molecule has 0 radical (unpaired) electrons. The predicted molar refractivity (Wildman–Crippen MR) is 178 cm³/mol. The van der Waals surface area contributed by atoms with E-state index in [2.05, 4.69) is 35.9 Å². The normalized spacial score (nSPS) is 11.5. The van der Waals surface area contributed by atoms with Gasteiger partial charge >= 0.3 is 0 Å². The van der Waals surface area contributed by atoms with E-state index in [1.165, 1.54) is 5.56 Å². The lowest BCUT2D eigenvalue weighted by molar-refractivity contribution is 0.0752. The van der Waals surface area contributed by atoms with Crippen molar-refractivity contribution in [1.29, 1.82) is 0 Å². The maximum atomic E-state index is 13.5. The van der Waals surface area contributed by atoms with E-state index >= 15 is 0 Å². The van der Waals surface area contributed by atoms with Crippen LogP contribution in [-0.2, 0) is 29.7 Å². The number of sulfonamides is 1. The summed E-state index contributed by atoms with van der Waals surface area (Å²) in [5.41, 5.74) is 10.2. The molecule has 0 heterocycles. The Bertz CT molecular complexity index is 1730. The van der Waals surface area contributed by atoms with Crippen molar-refractivity contribution < 1.29 is 17.9 Å². The fraction of sp³-hybridized carbons (Fsp3) is 0.324. The van der Waals surface area contributed by atoms with Gasteiger partial charge < -0.3 is 9.64 Å². The van der Waals surface area contributed by atoms with Gasteiger partial charge in [0.15, 0.2) is 0 Å². The van der Waals surface area contributed by atoms with Gasteiger partial charge in [0, 0.05) is 25.2 Å². The number of ether oxygens (including phenoxy) is 1. The number of amides is 1. The van der Waals surface area contributed by atoms with Crippen LogP contribution in [0, 0.1) is 48.5 Å². The van der Waals surface area contributed by atoms with Crippen LogP contribution < -0.4 is 9.46 Å². The van der Waals surface area contributed by atoms with Crippen molar-refractivity contribution in [2.24, 2.45) is 0 Å². The predicted octanol–water partition coefficient (Wildman–Crippen LogP) is 7.57. The highest BCUT2D eigenvalue weighted by atomic mass is 32.2. The average molecular weight is 613 g/mol. The summed E-state index contributed by atoms with van der Waals surface area (Å²) < 4.78 is 35.4. The van der Waals surface area contributed by atoms with Crippen LogP contribution in [0.2, 0.25) is 0 Å². The lowest BCUT2D eigenvalue weighted by atomic mass is 10.0. The van der Waals surface area contributed by atoms with Crippen LogP contribution in [0.3, 0.4) is 0 Å². The molecular weight excluding hydrogens is 568 g/mol. The number of carbonyl (C=O) groups is 1. The molecule has 0 aliphatic carbocycles. The summed E-state index contributed by atoms with van der Waals surface area (Å²) in [4.78, 5) is 15.6. The van der Waals surface area contributed by atoms with Crippen LogP contribution in [0.1, 0.15) is 72.9 Å². The molecule has 0 aliphatic rings. The van der Waals surface area contributed by atoms with E-state index in [1.54, 1.807) is 24.3 Å². The highest BCUT2D eigenvalue weighted by molar-refractivity contribution is 7.89. The van der Waals surface area contributed by atoms with Gasteiger partial charge in [-0.15, -0.1) is 0 Å². The van der Waals surface area contributed by atoms with E-state index in [1.807, 2.05) is 71.6 Å². The van der Waals surface area contributed by atoms with Crippen LogP contribution in [0.5, 0.6) is 5.75 Å². The van der Waals surface area contributed by atoms with Gasteiger partial charge in [0.1, 0.15) is 12.4 Å². The number of aryl methyl sites for hydroxylation is 5. The Labute approximate surface area is 263 Å². The molecule has 0 unspecified atom stereocenters. The molecule has 0 atom stereocenters. The molecule has 4 rings (SSSR count). The zero-order valence-electron chi connectivity index (χ0n) is 27.2. The molecule has 6 nitrogen and oxygen atoms in total. The maximum absolute atomic E-state index is 13.5. The van der Waals surface area contributed by atoms with Crippen molar-refractivity contribution in [3.05, 3.63) is 128 Å². The minimum atomic E-state index is -3.71. The van der Waals surface area contributed by atoms with Crippen molar-refractivity contribution in [2.75, 3.05) is 6.54 Å². The first-order valence-electron chi connectivity index (χ1n) is 15.0. The third-order valence-electron chi connectivity index (χ3n) is 8.43. The Morgan fingerprint density at radius 3 is 1.91 bits per heavy atom.